The van der Waals surface area contributed by atoms with Gasteiger partial charge in [0.15, 0.2) is 0 Å². The molecule has 1 heterocycles. The molecule has 1 aliphatic heterocycles. The minimum absolute atomic E-state index is 0.637. The monoisotopic (exact) mass is 239 g/mol. The van der Waals surface area contributed by atoms with Gasteiger partial charge in [0.25, 0.3) is 0 Å². The first-order chi connectivity index (χ1) is 7.79. The molecule has 0 atom stereocenters. The number of benzene rings is 1. The van der Waals surface area contributed by atoms with E-state index in [1.54, 1.807) is 7.11 Å². The van der Waals surface area contributed by atoms with E-state index in [0.717, 1.165) is 18.1 Å². The van der Waals surface area contributed by atoms with Crippen LogP contribution < -0.4 is 5.32 Å². The second-order valence-electron chi connectivity index (χ2n) is 4.35. The number of piperidine rings is 1. The molecule has 1 aliphatic rings. The normalized spacial score (nSPS) is 17.6. The van der Waals surface area contributed by atoms with Gasteiger partial charge in [0.2, 0.25) is 0 Å². The molecule has 1 fully saturated rings. The van der Waals surface area contributed by atoms with Gasteiger partial charge in [0.05, 0.1) is 6.61 Å². The third-order valence-electron chi connectivity index (χ3n) is 3.10. The first kappa shape index (κ1) is 11.9. The fourth-order valence-electron chi connectivity index (χ4n) is 2.32. The van der Waals surface area contributed by atoms with E-state index in [2.05, 4.69) is 17.4 Å². The van der Waals surface area contributed by atoms with E-state index in [1.807, 2.05) is 6.07 Å². The Hall–Kier alpha value is -0.570. The van der Waals surface area contributed by atoms with Crippen LogP contribution in [0.3, 0.4) is 0 Å². The minimum Gasteiger partial charge on any atom is -0.380 e. The minimum atomic E-state index is 0.637. The third kappa shape index (κ3) is 2.97. The van der Waals surface area contributed by atoms with E-state index < -0.39 is 0 Å². The van der Waals surface area contributed by atoms with Crippen LogP contribution in [0.1, 0.15) is 29.9 Å². The molecule has 16 heavy (non-hydrogen) atoms. The Morgan fingerprint density at radius 1 is 1.31 bits per heavy atom. The van der Waals surface area contributed by atoms with Crippen molar-refractivity contribution in [2.45, 2.75) is 25.4 Å². The molecule has 0 radical (unpaired) electrons. The maximum atomic E-state index is 6.13. The Morgan fingerprint density at radius 3 is 2.75 bits per heavy atom. The molecule has 3 heteroatoms. The van der Waals surface area contributed by atoms with E-state index in [0.29, 0.717) is 12.5 Å². The summed E-state index contributed by atoms with van der Waals surface area (Å²) in [7, 11) is 1.71. The number of rotatable bonds is 3. The molecule has 0 bridgehead atoms. The molecule has 1 N–H and O–H groups in total. The highest BCUT2D eigenvalue weighted by molar-refractivity contribution is 6.30. The summed E-state index contributed by atoms with van der Waals surface area (Å²) in [6.45, 7) is 2.85. The van der Waals surface area contributed by atoms with Crippen LogP contribution in [0.25, 0.3) is 0 Å². The van der Waals surface area contributed by atoms with Crippen LogP contribution in [-0.2, 0) is 11.3 Å². The molecule has 0 aliphatic carbocycles. The zero-order valence-corrected chi connectivity index (χ0v) is 10.4. The summed E-state index contributed by atoms with van der Waals surface area (Å²) < 4.78 is 5.15. The lowest BCUT2D eigenvalue weighted by atomic mass is 9.89. The van der Waals surface area contributed by atoms with Gasteiger partial charge in [-0.2, -0.15) is 0 Å². The summed E-state index contributed by atoms with van der Waals surface area (Å²) in [5.41, 5.74) is 2.53. The second-order valence-corrected chi connectivity index (χ2v) is 4.79. The van der Waals surface area contributed by atoms with Crippen molar-refractivity contribution in [2.75, 3.05) is 20.2 Å². The van der Waals surface area contributed by atoms with Crippen molar-refractivity contribution in [1.29, 1.82) is 0 Å². The Balaban J connectivity index is 2.18. The van der Waals surface area contributed by atoms with Crippen LogP contribution >= 0.6 is 11.6 Å². The fraction of sp³-hybridized carbons (Fsp3) is 0.538. The highest BCUT2D eigenvalue weighted by Crippen LogP contribution is 2.28. The lowest BCUT2D eigenvalue weighted by molar-refractivity contribution is 0.185. The van der Waals surface area contributed by atoms with Gasteiger partial charge in [-0.05, 0) is 55.1 Å². The molecule has 1 aromatic carbocycles. The van der Waals surface area contributed by atoms with Gasteiger partial charge < -0.3 is 10.1 Å². The third-order valence-corrected chi connectivity index (χ3v) is 3.32. The standard InChI is InChI=1S/C13H18ClNO/c1-16-9-10-6-12(8-13(14)7-10)11-2-4-15-5-3-11/h6-8,11,15H,2-5,9H2,1H3. The zero-order valence-electron chi connectivity index (χ0n) is 9.63. The van der Waals surface area contributed by atoms with Gasteiger partial charge in [-0.3, -0.25) is 0 Å². The van der Waals surface area contributed by atoms with Gasteiger partial charge in [0, 0.05) is 12.1 Å². The number of hydrogen-bond donors (Lipinski definition) is 1. The molecule has 0 spiro atoms. The van der Waals surface area contributed by atoms with Crippen molar-refractivity contribution in [3.05, 3.63) is 34.3 Å². The largest absolute Gasteiger partial charge is 0.380 e. The molecule has 1 aromatic rings. The van der Waals surface area contributed by atoms with Crippen LogP contribution in [0.15, 0.2) is 18.2 Å². The zero-order chi connectivity index (χ0) is 11.4. The van der Waals surface area contributed by atoms with Crippen molar-refractivity contribution < 1.29 is 4.74 Å². The van der Waals surface area contributed by atoms with Crippen LogP contribution in [0.4, 0.5) is 0 Å². The molecular weight excluding hydrogens is 222 g/mol. The van der Waals surface area contributed by atoms with Crippen molar-refractivity contribution in [1.82, 2.24) is 5.32 Å². The van der Waals surface area contributed by atoms with Crippen molar-refractivity contribution in [3.8, 4) is 0 Å². The second kappa shape index (κ2) is 5.67. The molecule has 0 saturated carbocycles. The van der Waals surface area contributed by atoms with E-state index in [-0.39, 0.29) is 0 Å². The summed E-state index contributed by atoms with van der Waals surface area (Å²) in [5.74, 6) is 0.649. The quantitative estimate of drug-likeness (QED) is 0.876. The van der Waals surface area contributed by atoms with Gasteiger partial charge >= 0.3 is 0 Å². The summed E-state index contributed by atoms with van der Waals surface area (Å²) >= 11 is 6.13. The number of hydrogen-bond acceptors (Lipinski definition) is 2. The van der Waals surface area contributed by atoms with Crippen LogP contribution in [0.2, 0.25) is 5.02 Å². The van der Waals surface area contributed by atoms with E-state index in [9.17, 15) is 0 Å². The Bertz CT molecular complexity index is 348. The summed E-state index contributed by atoms with van der Waals surface area (Å²) in [5, 5.41) is 4.20. The van der Waals surface area contributed by atoms with E-state index in [1.165, 1.54) is 24.0 Å². The van der Waals surface area contributed by atoms with E-state index >= 15 is 0 Å². The Labute approximate surface area is 102 Å². The van der Waals surface area contributed by atoms with Crippen LogP contribution in [-0.4, -0.2) is 20.2 Å². The fourth-order valence-corrected chi connectivity index (χ4v) is 2.58. The summed E-state index contributed by atoms with van der Waals surface area (Å²) in [4.78, 5) is 0. The molecule has 0 unspecified atom stereocenters. The first-order valence-corrected chi connectivity index (χ1v) is 6.16. The maximum Gasteiger partial charge on any atom is 0.0713 e. The Morgan fingerprint density at radius 2 is 2.06 bits per heavy atom. The molecule has 2 rings (SSSR count). The van der Waals surface area contributed by atoms with Gasteiger partial charge in [-0.1, -0.05) is 17.7 Å². The molecule has 88 valence electrons. The Kier molecular flexibility index (Phi) is 4.22. The smallest absolute Gasteiger partial charge is 0.0713 e. The number of methoxy groups -OCH3 is 1. The molecule has 2 nitrogen and oxygen atoms in total. The topological polar surface area (TPSA) is 21.3 Å². The van der Waals surface area contributed by atoms with Crippen LogP contribution in [0, 0.1) is 0 Å². The lowest BCUT2D eigenvalue weighted by Crippen LogP contribution is -2.26. The number of ether oxygens (including phenoxy) is 1. The predicted octanol–water partition coefficient (Wildman–Crippen LogP) is 2.95. The average Bonchev–Trinajstić information content (AvgIpc) is 2.30. The lowest BCUT2D eigenvalue weighted by Gasteiger charge is -2.23. The van der Waals surface area contributed by atoms with Crippen molar-refractivity contribution >= 4 is 11.6 Å². The molecular formula is C13H18ClNO. The number of halogens is 1. The average molecular weight is 240 g/mol. The highest BCUT2D eigenvalue weighted by atomic mass is 35.5. The summed E-state index contributed by atoms with van der Waals surface area (Å²) in [6, 6.07) is 6.30. The highest BCUT2D eigenvalue weighted by Gasteiger charge is 2.15. The van der Waals surface area contributed by atoms with Crippen LogP contribution in [0.5, 0.6) is 0 Å². The molecule has 0 aromatic heterocycles. The molecule has 1 saturated heterocycles. The van der Waals surface area contributed by atoms with Gasteiger partial charge in [-0.25, -0.2) is 0 Å². The first-order valence-electron chi connectivity index (χ1n) is 5.78. The van der Waals surface area contributed by atoms with Crippen molar-refractivity contribution in [2.24, 2.45) is 0 Å². The van der Waals surface area contributed by atoms with Gasteiger partial charge in [-0.15, -0.1) is 0 Å². The van der Waals surface area contributed by atoms with E-state index in [4.69, 9.17) is 16.3 Å². The predicted molar refractivity (Wildman–Crippen MR) is 67.0 cm³/mol. The molecule has 0 amide bonds. The maximum absolute atomic E-state index is 6.13. The van der Waals surface area contributed by atoms with Crippen molar-refractivity contribution in [3.63, 3.8) is 0 Å². The van der Waals surface area contributed by atoms with Gasteiger partial charge in [0.1, 0.15) is 0 Å². The SMILES string of the molecule is COCc1cc(Cl)cc(C2CCNCC2)c1. The number of nitrogens with one attached hydrogen (secondary N) is 1. The summed E-state index contributed by atoms with van der Waals surface area (Å²) in [6.07, 6.45) is 2.40.